The van der Waals surface area contributed by atoms with Crippen molar-refractivity contribution in [1.82, 2.24) is 10.2 Å². The van der Waals surface area contributed by atoms with Crippen molar-refractivity contribution < 1.29 is 24.2 Å². The smallest absolute Gasteiger partial charge is 0.323 e. The molecule has 1 unspecified atom stereocenters. The monoisotopic (exact) mass is 516 g/mol. The number of nitrogens with one attached hydrogen (secondary N) is 1. The Labute approximate surface area is 219 Å². The number of carbonyl (C=O) groups excluding carboxylic acids is 2. The number of carboxylic acids is 1. The predicted molar refractivity (Wildman–Crippen MR) is 141 cm³/mol. The van der Waals surface area contributed by atoms with E-state index in [9.17, 15) is 19.5 Å². The number of benzene rings is 2. The largest absolute Gasteiger partial charge is 0.480 e. The fourth-order valence-electron chi connectivity index (χ4n) is 4.48. The lowest BCUT2D eigenvalue weighted by Crippen LogP contribution is -2.55. The van der Waals surface area contributed by atoms with Crippen LogP contribution in [0.15, 0.2) is 54.6 Å². The molecule has 0 saturated heterocycles. The molecule has 0 aromatic heterocycles. The molecule has 2 aromatic rings. The van der Waals surface area contributed by atoms with Crippen LogP contribution in [-0.2, 0) is 38.4 Å². The fraction of sp³-hybridized carbons (Fsp3) is 0.464. The van der Waals surface area contributed by atoms with Gasteiger partial charge in [0.2, 0.25) is 5.91 Å². The van der Waals surface area contributed by atoms with Gasteiger partial charge in [-0.25, -0.2) is 0 Å². The number of ether oxygens (including phenoxy) is 1. The Balaban J connectivity index is 0.00000456. The summed E-state index contributed by atoms with van der Waals surface area (Å²) in [5, 5.41) is 12.7. The standard InChI is InChI=1S/C28H36N2O5.ClH/c1-19(2)18-35-28(34)25(14-13-21-9-5-4-6-10-21)29-20(3)27(33)30(17-26(31)32)24-15-22-11-7-8-12-23(22)16-24;/h4-12,19-20,24-25,29H,13-18H2,1-3H3,(H,31,32);1H/t20-,25?;/m0./s1. The minimum atomic E-state index is -1.06. The van der Waals surface area contributed by atoms with Gasteiger partial charge in [0.15, 0.2) is 0 Å². The predicted octanol–water partition coefficient (Wildman–Crippen LogP) is 3.67. The molecule has 0 heterocycles. The van der Waals surface area contributed by atoms with Crippen LogP contribution < -0.4 is 5.32 Å². The van der Waals surface area contributed by atoms with E-state index in [1.165, 1.54) is 4.90 Å². The Hall–Kier alpha value is -2.90. The number of hydrogen-bond acceptors (Lipinski definition) is 5. The van der Waals surface area contributed by atoms with E-state index in [1.54, 1.807) is 6.92 Å². The number of carbonyl (C=O) groups is 3. The summed E-state index contributed by atoms with van der Waals surface area (Å²) in [6, 6.07) is 16.1. The Morgan fingerprint density at radius 2 is 1.58 bits per heavy atom. The van der Waals surface area contributed by atoms with Crippen LogP contribution in [0.25, 0.3) is 0 Å². The zero-order valence-electron chi connectivity index (χ0n) is 21.2. The van der Waals surface area contributed by atoms with E-state index in [4.69, 9.17) is 4.74 Å². The van der Waals surface area contributed by atoms with Crippen molar-refractivity contribution in [1.29, 1.82) is 0 Å². The molecule has 7 nitrogen and oxygen atoms in total. The lowest BCUT2D eigenvalue weighted by Gasteiger charge is -2.31. The average Bonchev–Trinajstić information content (AvgIpc) is 3.27. The van der Waals surface area contributed by atoms with Crippen molar-refractivity contribution in [2.45, 2.75) is 64.6 Å². The second kappa shape index (κ2) is 14.0. The van der Waals surface area contributed by atoms with Gasteiger partial charge in [-0.1, -0.05) is 68.4 Å². The molecule has 0 aliphatic heterocycles. The second-order valence-electron chi connectivity index (χ2n) is 9.68. The summed E-state index contributed by atoms with van der Waals surface area (Å²) in [6.07, 6.45) is 2.35. The van der Waals surface area contributed by atoms with E-state index in [-0.39, 0.29) is 36.8 Å². The SMILES string of the molecule is CC(C)COC(=O)C(CCc1ccccc1)N[C@@H](C)C(=O)N(CC(=O)O)C1Cc2ccccc2C1.Cl. The van der Waals surface area contributed by atoms with Gasteiger partial charge in [0, 0.05) is 6.04 Å². The van der Waals surface area contributed by atoms with Crippen LogP contribution in [0.4, 0.5) is 0 Å². The van der Waals surface area contributed by atoms with Crippen LogP contribution in [0.2, 0.25) is 0 Å². The minimum absolute atomic E-state index is 0. The molecule has 1 aliphatic rings. The van der Waals surface area contributed by atoms with Gasteiger partial charge in [0.25, 0.3) is 0 Å². The average molecular weight is 517 g/mol. The van der Waals surface area contributed by atoms with Gasteiger partial charge in [0.05, 0.1) is 12.6 Å². The Morgan fingerprint density at radius 3 is 2.14 bits per heavy atom. The van der Waals surface area contributed by atoms with Gasteiger partial charge in [-0.15, -0.1) is 12.4 Å². The number of nitrogens with zero attached hydrogens (tertiary/aromatic N) is 1. The van der Waals surface area contributed by atoms with E-state index in [0.717, 1.165) is 16.7 Å². The maximum absolute atomic E-state index is 13.5. The van der Waals surface area contributed by atoms with Crippen molar-refractivity contribution in [3.8, 4) is 0 Å². The number of halogens is 1. The number of aliphatic carboxylic acids is 1. The minimum Gasteiger partial charge on any atom is -0.480 e. The third-order valence-corrected chi connectivity index (χ3v) is 6.29. The van der Waals surface area contributed by atoms with Crippen LogP contribution in [0.3, 0.4) is 0 Å². The summed E-state index contributed by atoms with van der Waals surface area (Å²) in [6.45, 7) is 5.54. The van der Waals surface area contributed by atoms with Crippen LogP contribution in [0, 0.1) is 5.92 Å². The first-order valence-electron chi connectivity index (χ1n) is 12.3. The van der Waals surface area contributed by atoms with Crippen molar-refractivity contribution in [2.75, 3.05) is 13.2 Å². The summed E-state index contributed by atoms with van der Waals surface area (Å²) < 4.78 is 5.48. The molecule has 8 heteroatoms. The van der Waals surface area contributed by atoms with E-state index >= 15 is 0 Å². The number of hydrogen-bond donors (Lipinski definition) is 2. The van der Waals surface area contributed by atoms with Gasteiger partial charge in [-0.05, 0) is 55.2 Å². The van der Waals surface area contributed by atoms with E-state index in [2.05, 4.69) is 5.32 Å². The quantitative estimate of drug-likeness (QED) is 0.418. The van der Waals surface area contributed by atoms with Gasteiger partial charge >= 0.3 is 11.9 Å². The molecule has 0 saturated carbocycles. The summed E-state index contributed by atoms with van der Waals surface area (Å²) in [7, 11) is 0. The first-order chi connectivity index (χ1) is 16.7. The van der Waals surface area contributed by atoms with Gasteiger partial charge < -0.3 is 14.7 Å². The summed E-state index contributed by atoms with van der Waals surface area (Å²) in [5.74, 6) is -1.58. The molecule has 0 bridgehead atoms. The van der Waals surface area contributed by atoms with Crippen molar-refractivity contribution >= 4 is 30.3 Å². The van der Waals surface area contributed by atoms with Crippen LogP contribution in [-0.4, -0.2) is 59.1 Å². The zero-order chi connectivity index (χ0) is 25.4. The van der Waals surface area contributed by atoms with E-state index in [0.29, 0.717) is 32.3 Å². The topological polar surface area (TPSA) is 95.9 Å². The normalized spacial score (nSPS) is 14.4. The molecule has 2 N–H and O–H groups in total. The Morgan fingerprint density at radius 1 is 1.00 bits per heavy atom. The molecule has 0 fully saturated rings. The lowest BCUT2D eigenvalue weighted by molar-refractivity contribution is -0.150. The number of rotatable bonds is 12. The molecular formula is C28H37ClN2O5. The molecule has 3 rings (SSSR count). The third kappa shape index (κ3) is 8.35. The Bertz CT molecular complexity index is 989. The van der Waals surface area contributed by atoms with E-state index < -0.39 is 24.0 Å². The lowest BCUT2D eigenvalue weighted by atomic mass is 10.0. The molecule has 0 spiro atoms. The van der Waals surface area contributed by atoms with Crippen LogP contribution in [0.5, 0.6) is 0 Å². The third-order valence-electron chi connectivity index (χ3n) is 6.29. The molecular weight excluding hydrogens is 480 g/mol. The molecule has 2 atom stereocenters. The molecule has 2 aromatic carbocycles. The highest BCUT2D eigenvalue weighted by molar-refractivity contribution is 5.86. The molecule has 36 heavy (non-hydrogen) atoms. The van der Waals surface area contributed by atoms with E-state index in [1.807, 2.05) is 68.4 Å². The highest BCUT2D eigenvalue weighted by Crippen LogP contribution is 2.26. The van der Waals surface area contributed by atoms with Crippen molar-refractivity contribution in [3.05, 3.63) is 71.3 Å². The summed E-state index contributed by atoms with van der Waals surface area (Å²) in [4.78, 5) is 39.4. The molecule has 1 amide bonds. The van der Waals surface area contributed by atoms with Gasteiger partial charge in [-0.2, -0.15) is 0 Å². The second-order valence-corrected chi connectivity index (χ2v) is 9.68. The number of esters is 1. The van der Waals surface area contributed by atoms with Crippen molar-refractivity contribution in [3.63, 3.8) is 0 Å². The summed E-state index contributed by atoms with van der Waals surface area (Å²) in [5.41, 5.74) is 3.37. The Kier molecular flexibility index (Phi) is 11.4. The maximum atomic E-state index is 13.5. The maximum Gasteiger partial charge on any atom is 0.323 e. The van der Waals surface area contributed by atoms with Crippen molar-refractivity contribution in [2.24, 2.45) is 5.92 Å². The number of amides is 1. The first-order valence-corrected chi connectivity index (χ1v) is 12.3. The number of carboxylic acid groups (broad SMARTS) is 1. The highest BCUT2D eigenvalue weighted by atomic mass is 35.5. The van der Waals surface area contributed by atoms with Gasteiger partial charge in [0.1, 0.15) is 12.6 Å². The van der Waals surface area contributed by atoms with Gasteiger partial charge in [-0.3, -0.25) is 19.7 Å². The number of fused-ring (bicyclic) bond motifs is 1. The van der Waals surface area contributed by atoms with Crippen LogP contribution in [0.1, 0.15) is 43.9 Å². The van der Waals surface area contributed by atoms with Crippen LogP contribution >= 0.6 is 12.4 Å². The highest BCUT2D eigenvalue weighted by Gasteiger charge is 2.34. The zero-order valence-corrected chi connectivity index (χ0v) is 22.0. The molecule has 196 valence electrons. The fourth-order valence-corrected chi connectivity index (χ4v) is 4.48. The molecule has 1 aliphatic carbocycles. The first kappa shape index (κ1) is 29.3. The molecule has 0 radical (unpaired) electrons. The number of aryl methyl sites for hydroxylation is 1. The summed E-state index contributed by atoms with van der Waals surface area (Å²) >= 11 is 0.